The van der Waals surface area contributed by atoms with Gasteiger partial charge >= 0.3 is 12.4 Å². The van der Waals surface area contributed by atoms with E-state index in [4.69, 9.17) is 0 Å². The van der Waals surface area contributed by atoms with Crippen LogP contribution in [0.3, 0.4) is 0 Å². The summed E-state index contributed by atoms with van der Waals surface area (Å²) in [6, 6.07) is 1.34. The van der Waals surface area contributed by atoms with Gasteiger partial charge in [0.2, 0.25) is 0 Å². The summed E-state index contributed by atoms with van der Waals surface area (Å²) in [6.45, 7) is 6.03. The van der Waals surface area contributed by atoms with E-state index in [0.717, 1.165) is 12.1 Å². The zero-order chi connectivity index (χ0) is 18.7. The predicted octanol–water partition coefficient (Wildman–Crippen LogP) is 5.48. The second-order valence-corrected chi connectivity index (χ2v) is 6.01. The minimum absolute atomic E-state index is 0. The van der Waals surface area contributed by atoms with Crippen LogP contribution < -0.4 is 5.32 Å². The van der Waals surface area contributed by atoms with E-state index in [-0.39, 0.29) is 36.4 Å². The van der Waals surface area contributed by atoms with Crippen molar-refractivity contribution in [3.8, 4) is 0 Å². The first-order valence-corrected chi connectivity index (χ1v) is 7.98. The van der Waals surface area contributed by atoms with Crippen LogP contribution in [0.2, 0.25) is 0 Å². The molecule has 0 unspecified atom stereocenters. The smallest absolute Gasteiger partial charge is 0.314 e. The number of nitrogens with zero attached hydrogens (tertiary/aromatic N) is 1. The molecule has 156 valence electrons. The van der Waals surface area contributed by atoms with Crippen LogP contribution in [0.5, 0.6) is 0 Å². The normalized spacial score (nSPS) is 16.8. The van der Waals surface area contributed by atoms with Crippen molar-refractivity contribution in [3.05, 3.63) is 47.5 Å². The number of piperazine rings is 1. The highest BCUT2D eigenvalue weighted by Crippen LogP contribution is 2.39. The molecule has 0 radical (unpaired) electrons. The summed E-state index contributed by atoms with van der Waals surface area (Å²) >= 11 is 0. The average molecular weight is 439 g/mol. The fourth-order valence-corrected chi connectivity index (χ4v) is 3.00. The predicted molar refractivity (Wildman–Crippen MR) is 97.6 cm³/mol. The number of allylic oxidation sites excluding steroid dienone is 1. The second kappa shape index (κ2) is 10.5. The Kier molecular flexibility index (Phi) is 10.2. The Balaban J connectivity index is 0.00000338. The lowest BCUT2D eigenvalue weighted by Crippen LogP contribution is -2.45. The second-order valence-electron chi connectivity index (χ2n) is 6.01. The fourth-order valence-electron chi connectivity index (χ4n) is 3.00. The minimum Gasteiger partial charge on any atom is -0.314 e. The molecule has 1 heterocycles. The lowest BCUT2D eigenvalue weighted by Gasteiger charge is -2.35. The highest BCUT2D eigenvalue weighted by atomic mass is 35.5. The minimum atomic E-state index is -4.83. The van der Waals surface area contributed by atoms with Gasteiger partial charge < -0.3 is 5.32 Å². The Hall–Kier alpha value is -0.960. The van der Waals surface area contributed by atoms with Gasteiger partial charge in [-0.05, 0) is 36.6 Å². The molecule has 0 aromatic heterocycles. The molecule has 2 rings (SSSR count). The highest BCUT2D eigenvalue weighted by Gasteiger charge is 2.38. The number of rotatable bonds is 5. The summed E-state index contributed by atoms with van der Waals surface area (Å²) in [5.41, 5.74) is -2.49. The fraction of sp³-hybridized carbons (Fsp3) is 0.529. The lowest BCUT2D eigenvalue weighted by molar-refractivity contribution is -0.143. The van der Waals surface area contributed by atoms with E-state index in [1.54, 1.807) is 6.08 Å². The van der Waals surface area contributed by atoms with Crippen molar-refractivity contribution in [2.45, 2.75) is 31.2 Å². The molecule has 0 aliphatic carbocycles. The molecule has 1 aliphatic rings. The van der Waals surface area contributed by atoms with Gasteiger partial charge in [0, 0.05) is 32.2 Å². The number of nitrogens with one attached hydrogen (secondary N) is 1. The van der Waals surface area contributed by atoms with E-state index in [0.29, 0.717) is 39.0 Å². The Morgan fingerprint density at radius 2 is 1.44 bits per heavy atom. The number of halogens is 8. The maximum Gasteiger partial charge on any atom is 0.416 e. The maximum atomic E-state index is 13.1. The van der Waals surface area contributed by atoms with Gasteiger partial charge in [0.15, 0.2) is 0 Å². The zero-order valence-electron chi connectivity index (χ0n) is 14.4. The van der Waals surface area contributed by atoms with Gasteiger partial charge in [-0.3, -0.25) is 4.90 Å². The molecule has 10 heteroatoms. The topological polar surface area (TPSA) is 15.3 Å². The van der Waals surface area contributed by atoms with Gasteiger partial charge in [-0.1, -0.05) is 6.08 Å². The quantitative estimate of drug-likeness (QED) is 0.483. The van der Waals surface area contributed by atoms with E-state index in [9.17, 15) is 26.3 Å². The number of hydrogen-bond acceptors (Lipinski definition) is 2. The largest absolute Gasteiger partial charge is 0.416 e. The van der Waals surface area contributed by atoms with Crippen LogP contribution in [0.15, 0.2) is 30.9 Å². The van der Waals surface area contributed by atoms with Gasteiger partial charge in [-0.25, -0.2) is 0 Å². The summed E-state index contributed by atoms with van der Waals surface area (Å²) < 4.78 is 78.5. The molecular weight excluding hydrogens is 417 g/mol. The molecule has 1 fully saturated rings. The third-order valence-electron chi connectivity index (χ3n) is 4.23. The summed E-state index contributed by atoms with van der Waals surface area (Å²) in [5.74, 6) is 0. The van der Waals surface area contributed by atoms with Crippen LogP contribution in [0.4, 0.5) is 26.3 Å². The van der Waals surface area contributed by atoms with Gasteiger partial charge in [0.25, 0.3) is 0 Å². The molecule has 1 aliphatic heterocycles. The Labute approximate surface area is 166 Å². The van der Waals surface area contributed by atoms with Gasteiger partial charge in [-0.2, -0.15) is 26.3 Å². The monoisotopic (exact) mass is 438 g/mol. The first-order chi connectivity index (χ1) is 11.6. The van der Waals surface area contributed by atoms with E-state index in [1.807, 2.05) is 4.90 Å². The van der Waals surface area contributed by atoms with Crippen LogP contribution in [0.25, 0.3) is 0 Å². The molecule has 1 saturated heterocycles. The Bertz CT molecular complexity index is 566. The molecule has 1 aromatic carbocycles. The summed E-state index contributed by atoms with van der Waals surface area (Å²) in [5, 5.41) is 3.13. The lowest BCUT2D eigenvalue weighted by atomic mass is 9.95. The number of benzene rings is 1. The molecule has 0 amide bonds. The molecular formula is C17H22Cl2F6N2. The Morgan fingerprint density at radius 3 is 1.85 bits per heavy atom. The molecule has 0 spiro atoms. The molecule has 0 bridgehead atoms. The molecule has 1 N–H and O–H groups in total. The summed E-state index contributed by atoms with van der Waals surface area (Å²) in [4.78, 5) is 1.93. The zero-order valence-corrected chi connectivity index (χ0v) is 16.0. The Morgan fingerprint density at radius 1 is 0.963 bits per heavy atom. The van der Waals surface area contributed by atoms with Crippen molar-refractivity contribution in [2.75, 3.05) is 26.2 Å². The van der Waals surface area contributed by atoms with Gasteiger partial charge in [0.1, 0.15) is 0 Å². The SMILES string of the molecule is C=CCC[C@H](c1cc(C(F)(F)F)cc(C(F)(F)F)c1)N1CCNCC1.Cl.Cl. The van der Waals surface area contributed by atoms with Crippen molar-refractivity contribution in [3.63, 3.8) is 0 Å². The third kappa shape index (κ3) is 7.18. The molecule has 0 saturated carbocycles. The van der Waals surface area contributed by atoms with Crippen molar-refractivity contribution in [1.82, 2.24) is 10.2 Å². The molecule has 1 aromatic rings. The molecule has 1 atom stereocenters. The van der Waals surface area contributed by atoms with E-state index in [1.165, 1.54) is 0 Å². The molecule has 27 heavy (non-hydrogen) atoms. The van der Waals surface area contributed by atoms with Crippen LogP contribution in [-0.4, -0.2) is 31.1 Å². The van der Waals surface area contributed by atoms with Crippen molar-refractivity contribution >= 4 is 24.8 Å². The van der Waals surface area contributed by atoms with Gasteiger partial charge in [0.05, 0.1) is 11.1 Å². The van der Waals surface area contributed by atoms with Crippen molar-refractivity contribution in [2.24, 2.45) is 0 Å². The van der Waals surface area contributed by atoms with Crippen LogP contribution in [-0.2, 0) is 12.4 Å². The summed E-state index contributed by atoms with van der Waals surface area (Å²) in [7, 11) is 0. The van der Waals surface area contributed by atoms with Crippen molar-refractivity contribution in [1.29, 1.82) is 0 Å². The number of hydrogen-bond donors (Lipinski definition) is 1. The van der Waals surface area contributed by atoms with Gasteiger partial charge in [-0.15, -0.1) is 31.4 Å². The van der Waals surface area contributed by atoms with Crippen LogP contribution in [0, 0.1) is 0 Å². The third-order valence-corrected chi connectivity index (χ3v) is 4.23. The van der Waals surface area contributed by atoms with Crippen LogP contribution >= 0.6 is 24.8 Å². The van der Waals surface area contributed by atoms with E-state index < -0.39 is 29.5 Å². The highest BCUT2D eigenvalue weighted by molar-refractivity contribution is 5.85. The maximum absolute atomic E-state index is 13.1. The number of alkyl halides is 6. The average Bonchev–Trinajstić information content (AvgIpc) is 2.54. The first-order valence-electron chi connectivity index (χ1n) is 7.98. The van der Waals surface area contributed by atoms with E-state index in [2.05, 4.69) is 11.9 Å². The van der Waals surface area contributed by atoms with Crippen LogP contribution in [0.1, 0.15) is 35.6 Å². The van der Waals surface area contributed by atoms with E-state index >= 15 is 0 Å². The summed E-state index contributed by atoms with van der Waals surface area (Å²) in [6.07, 6.45) is -7.12. The molecule has 2 nitrogen and oxygen atoms in total. The van der Waals surface area contributed by atoms with Crippen molar-refractivity contribution < 1.29 is 26.3 Å². The standard InChI is InChI=1S/C17H20F6N2.2ClH/c1-2-3-4-15(25-7-5-24-6-8-25)12-9-13(16(18,19)20)11-14(10-12)17(21,22)23;;/h2,9-11,15,24H,1,3-8H2;2*1H/t15-;;/m1../s1. The first kappa shape index (κ1) is 26.0.